The number of hydrogen-bond donors (Lipinski definition) is 1. The van der Waals surface area contributed by atoms with E-state index in [0.717, 1.165) is 11.3 Å². The van der Waals surface area contributed by atoms with E-state index in [1.807, 2.05) is 26.0 Å². The Morgan fingerprint density at radius 2 is 2.11 bits per heavy atom. The number of nitrogens with one attached hydrogen (secondary N) is 1. The van der Waals surface area contributed by atoms with Gasteiger partial charge in [-0.2, -0.15) is 0 Å². The number of aromatic nitrogens is 2. The Balaban J connectivity index is 1.34. The summed E-state index contributed by atoms with van der Waals surface area (Å²) in [7, 11) is 0. The van der Waals surface area contributed by atoms with Crippen LogP contribution in [-0.2, 0) is 6.61 Å². The van der Waals surface area contributed by atoms with Gasteiger partial charge < -0.3 is 23.9 Å². The van der Waals surface area contributed by atoms with Crippen LogP contribution >= 0.6 is 0 Å². The number of benzene rings is 1. The average molecular weight is 381 g/mol. The fourth-order valence-electron chi connectivity index (χ4n) is 2.67. The molecule has 0 saturated heterocycles. The van der Waals surface area contributed by atoms with Crippen LogP contribution in [-0.4, -0.2) is 22.7 Å². The molecule has 1 N–H and O–H groups in total. The Bertz CT molecular complexity index is 984. The largest absolute Gasteiger partial charge is 0.484 e. The van der Waals surface area contributed by atoms with E-state index >= 15 is 0 Å². The van der Waals surface area contributed by atoms with E-state index in [0.29, 0.717) is 23.1 Å². The number of pyridine rings is 1. The fraction of sp³-hybridized carbons (Fsp3) is 0.250. The molecular formula is C20H19N3O5. The Morgan fingerprint density at radius 3 is 2.93 bits per heavy atom. The first-order valence-electron chi connectivity index (χ1n) is 8.79. The lowest BCUT2D eigenvalue weighted by Gasteiger charge is -2.12. The van der Waals surface area contributed by atoms with Gasteiger partial charge in [-0.3, -0.25) is 9.78 Å². The van der Waals surface area contributed by atoms with E-state index in [2.05, 4.69) is 15.3 Å². The third kappa shape index (κ3) is 3.90. The van der Waals surface area contributed by atoms with Gasteiger partial charge in [-0.05, 0) is 37.6 Å². The summed E-state index contributed by atoms with van der Waals surface area (Å²) in [6.45, 7) is 4.11. The third-order valence-electron chi connectivity index (χ3n) is 4.22. The number of fused-ring (bicyclic) bond motifs is 1. The van der Waals surface area contributed by atoms with Crippen molar-refractivity contribution in [3.8, 4) is 17.2 Å². The summed E-state index contributed by atoms with van der Waals surface area (Å²) in [5.74, 6) is 1.85. The van der Waals surface area contributed by atoms with Gasteiger partial charge in [0.2, 0.25) is 12.7 Å². The maximum Gasteiger partial charge on any atom is 0.273 e. The fourth-order valence-corrected chi connectivity index (χ4v) is 2.67. The molecule has 8 nitrogen and oxygen atoms in total. The predicted octanol–water partition coefficient (Wildman–Crippen LogP) is 3.18. The summed E-state index contributed by atoms with van der Waals surface area (Å²) in [5.41, 5.74) is 2.02. The molecule has 0 aliphatic carbocycles. The molecule has 3 heterocycles. The number of hydrogen-bond acceptors (Lipinski definition) is 7. The molecule has 4 rings (SSSR count). The molecule has 0 fully saturated rings. The van der Waals surface area contributed by atoms with Crippen molar-refractivity contribution in [1.82, 2.24) is 15.3 Å². The minimum atomic E-state index is -0.340. The van der Waals surface area contributed by atoms with Gasteiger partial charge in [0.15, 0.2) is 23.8 Å². The van der Waals surface area contributed by atoms with Crippen molar-refractivity contribution in [2.75, 3.05) is 6.79 Å². The predicted molar refractivity (Wildman–Crippen MR) is 98.3 cm³/mol. The molecule has 1 amide bonds. The second kappa shape index (κ2) is 7.59. The SMILES string of the molecule is Cc1ccc(C(C)NC(=O)c2coc(COc3ccc4c(c3)OCO4)n2)nc1. The molecule has 1 aromatic carbocycles. The quantitative estimate of drug-likeness (QED) is 0.700. The number of oxazole rings is 1. The van der Waals surface area contributed by atoms with E-state index in [4.69, 9.17) is 18.6 Å². The number of aryl methyl sites for hydroxylation is 1. The molecule has 1 atom stereocenters. The van der Waals surface area contributed by atoms with E-state index in [-0.39, 0.29) is 31.0 Å². The molecule has 1 aliphatic rings. The summed E-state index contributed by atoms with van der Waals surface area (Å²) < 4.78 is 21.5. The summed E-state index contributed by atoms with van der Waals surface area (Å²) in [6, 6.07) is 8.85. The maximum absolute atomic E-state index is 12.4. The standard InChI is InChI=1S/C20H19N3O5/c1-12-3-5-15(21-8-12)13(2)22-20(24)16-9-26-19(23-16)10-25-14-4-6-17-18(7-14)28-11-27-17/h3-9,13H,10-11H2,1-2H3,(H,22,24). The summed E-state index contributed by atoms with van der Waals surface area (Å²) in [5, 5.41) is 2.85. The van der Waals surface area contributed by atoms with E-state index in [1.54, 1.807) is 24.4 Å². The van der Waals surface area contributed by atoms with Gasteiger partial charge in [0, 0.05) is 12.3 Å². The Hall–Kier alpha value is -3.55. The molecule has 0 bridgehead atoms. The molecule has 0 saturated carbocycles. The third-order valence-corrected chi connectivity index (χ3v) is 4.22. The van der Waals surface area contributed by atoms with Gasteiger partial charge in [-0.25, -0.2) is 4.98 Å². The van der Waals surface area contributed by atoms with Gasteiger partial charge in [-0.1, -0.05) is 6.07 Å². The van der Waals surface area contributed by atoms with Crippen LogP contribution in [0.5, 0.6) is 17.2 Å². The summed E-state index contributed by atoms with van der Waals surface area (Å²) >= 11 is 0. The number of carbonyl (C=O) groups excluding carboxylic acids is 1. The Kier molecular flexibility index (Phi) is 4.84. The number of nitrogens with zero attached hydrogens (tertiary/aromatic N) is 2. The molecule has 0 spiro atoms. The van der Waals surface area contributed by atoms with Gasteiger partial charge in [0.25, 0.3) is 5.91 Å². The van der Waals surface area contributed by atoms with Crippen molar-refractivity contribution in [1.29, 1.82) is 0 Å². The van der Waals surface area contributed by atoms with Crippen LogP contribution in [0, 0.1) is 6.92 Å². The minimum Gasteiger partial charge on any atom is -0.484 e. The lowest BCUT2D eigenvalue weighted by molar-refractivity contribution is 0.0934. The molecule has 1 unspecified atom stereocenters. The van der Waals surface area contributed by atoms with Crippen molar-refractivity contribution < 1.29 is 23.4 Å². The molecule has 1 aliphatic heterocycles. The van der Waals surface area contributed by atoms with Crippen molar-refractivity contribution in [3.05, 3.63) is 65.6 Å². The smallest absolute Gasteiger partial charge is 0.273 e. The van der Waals surface area contributed by atoms with Crippen molar-refractivity contribution in [2.45, 2.75) is 26.5 Å². The van der Waals surface area contributed by atoms with E-state index in [1.165, 1.54) is 6.26 Å². The molecule has 0 radical (unpaired) electrons. The summed E-state index contributed by atoms with van der Waals surface area (Å²) in [6.07, 6.45) is 3.07. The van der Waals surface area contributed by atoms with Crippen LogP contribution in [0.25, 0.3) is 0 Å². The van der Waals surface area contributed by atoms with Crippen LogP contribution in [0.4, 0.5) is 0 Å². The first-order chi connectivity index (χ1) is 13.6. The lowest BCUT2D eigenvalue weighted by Crippen LogP contribution is -2.27. The molecule has 2 aromatic heterocycles. The average Bonchev–Trinajstić information content (AvgIpc) is 3.35. The number of amides is 1. The molecule has 3 aromatic rings. The second-order valence-corrected chi connectivity index (χ2v) is 6.39. The van der Waals surface area contributed by atoms with Crippen molar-refractivity contribution in [2.24, 2.45) is 0 Å². The van der Waals surface area contributed by atoms with Crippen LogP contribution in [0.2, 0.25) is 0 Å². The zero-order chi connectivity index (χ0) is 19.5. The number of ether oxygens (including phenoxy) is 3. The normalized spacial score (nSPS) is 13.2. The monoisotopic (exact) mass is 381 g/mol. The van der Waals surface area contributed by atoms with Gasteiger partial charge in [0.05, 0.1) is 11.7 Å². The van der Waals surface area contributed by atoms with Crippen LogP contribution in [0.3, 0.4) is 0 Å². The zero-order valence-corrected chi connectivity index (χ0v) is 15.5. The van der Waals surface area contributed by atoms with Crippen molar-refractivity contribution in [3.63, 3.8) is 0 Å². The lowest BCUT2D eigenvalue weighted by atomic mass is 10.2. The minimum absolute atomic E-state index is 0.0853. The molecule has 28 heavy (non-hydrogen) atoms. The second-order valence-electron chi connectivity index (χ2n) is 6.39. The van der Waals surface area contributed by atoms with Crippen LogP contribution in [0.15, 0.2) is 47.2 Å². The highest BCUT2D eigenvalue weighted by Gasteiger charge is 2.17. The Morgan fingerprint density at radius 1 is 1.25 bits per heavy atom. The number of carbonyl (C=O) groups is 1. The van der Waals surface area contributed by atoms with E-state index in [9.17, 15) is 4.79 Å². The highest BCUT2D eigenvalue weighted by Crippen LogP contribution is 2.35. The van der Waals surface area contributed by atoms with Crippen LogP contribution < -0.4 is 19.5 Å². The maximum atomic E-state index is 12.4. The first-order valence-corrected chi connectivity index (χ1v) is 8.79. The van der Waals surface area contributed by atoms with Gasteiger partial charge in [-0.15, -0.1) is 0 Å². The molecule has 8 heteroatoms. The van der Waals surface area contributed by atoms with Crippen LogP contribution in [0.1, 0.15) is 40.6 Å². The van der Waals surface area contributed by atoms with Crippen molar-refractivity contribution >= 4 is 5.91 Å². The van der Waals surface area contributed by atoms with Gasteiger partial charge >= 0.3 is 0 Å². The highest BCUT2D eigenvalue weighted by atomic mass is 16.7. The number of rotatable bonds is 6. The van der Waals surface area contributed by atoms with Gasteiger partial charge in [0.1, 0.15) is 12.0 Å². The van der Waals surface area contributed by atoms with E-state index < -0.39 is 0 Å². The highest BCUT2D eigenvalue weighted by molar-refractivity contribution is 5.92. The zero-order valence-electron chi connectivity index (χ0n) is 15.5. The topological polar surface area (TPSA) is 95.7 Å². The molecule has 144 valence electrons. The first kappa shape index (κ1) is 17.8. The molecular weight excluding hydrogens is 362 g/mol. The Labute approximate surface area is 161 Å². The summed E-state index contributed by atoms with van der Waals surface area (Å²) in [4.78, 5) is 20.9.